The molecule has 0 spiro atoms. The molecule has 0 heterocycles. The van der Waals surface area contributed by atoms with Gasteiger partial charge in [-0.15, -0.1) is 0 Å². The van der Waals surface area contributed by atoms with Crippen LogP contribution in [0.15, 0.2) is 47.5 Å². The van der Waals surface area contributed by atoms with Crippen LogP contribution in [0.1, 0.15) is 32.3 Å². The number of carbonyl (C=O) groups excluding carboxylic acids is 3. The summed E-state index contributed by atoms with van der Waals surface area (Å²) in [5, 5.41) is 7.40. The molecule has 0 aliphatic heterocycles. The normalized spacial score (nSPS) is 13.6. The number of guanidine groups is 1. The minimum Gasteiger partial charge on any atom is -0.370 e. The molecular weight excluding hydrogens is 434 g/mol. The van der Waals surface area contributed by atoms with Crippen molar-refractivity contribution < 1.29 is 14.4 Å². The van der Waals surface area contributed by atoms with E-state index in [-0.39, 0.29) is 31.3 Å². The van der Waals surface area contributed by atoms with Crippen LogP contribution in [-0.4, -0.2) is 48.4 Å². The Morgan fingerprint density at radius 2 is 1.56 bits per heavy atom. The molecule has 2 aromatic rings. The van der Waals surface area contributed by atoms with Gasteiger partial charge < -0.3 is 33.6 Å². The highest BCUT2D eigenvalue weighted by atomic mass is 16.2. The molecule has 184 valence electrons. The predicted octanol–water partition coefficient (Wildman–Crippen LogP) is -0.126. The summed E-state index contributed by atoms with van der Waals surface area (Å²) in [4.78, 5) is 41.6. The van der Waals surface area contributed by atoms with Crippen molar-refractivity contribution in [1.29, 1.82) is 0 Å². The summed E-state index contributed by atoms with van der Waals surface area (Å²) in [5.41, 5.74) is 23.0. The number of fused-ring (bicyclic) bond motifs is 1. The predicted molar refractivity (Wildman–Crippen MR) is 133 cm³/mol. The summed E-state index contributed by atoms with van der Waals surface area (Å²) in [6, 6.07) is 10.8. The molecule has 0 unspecified atom stereocenters. The molecule has 0 saturated carbocycles. The summed E-state index contributed by atoms with van der Waals surface area (Å²) < 4.78 is 0. The van der Waals surface area contributed by atoms with Crippen molar-refractivity contribution in [1.82, 2.24) is 10.6 Å². The van der Waals surface area contributed by atoms with Crippen molar-refractivity contribution in [2.45, 2.75) is 51.2 Å². The number of hydrogen-bond acceptors (Lipinski definition) is 5. The number of amides is 3. The van der Waals surface area contributed by atoms with Crippen molar-refractivity contribution in [3.05, 3.63) is 48.0 Å². The van der Waals surface area contributed by atoms with Crippen LogP contribution in [0.25, 0.3) is 10.8 Å². The Morgan fingerprint density at radius 1 is 0.912 bits per heavy atom. The summed E-state index contributed by atoms with van der Waals surface area (Å²) in [6.07, 6.45) is 0.797. The molecule has 0 aromatic heterocycles. The lowest BCUT2D eigenvalue weighted by Crippen LogP contribution is -2.56. The van der Waals surface area contributed by atoms with E-state index < -0.39 is 35.8 Å². The topological polar surface area (TPSA) is 192 Å². The first-order chi connectivity index (χ1) is 16.1. The molecule has 0 aliphatic carbocycles. The minimum atomic E-state index is -0.944. The molecule has 2 rings (SSSR count). The maximum atomic E-state index is 13.1. The van der Waals surface area contributed by atoms with Crippen LogP contribution >= 0.6 is 0 Å². The molecule has 0 bridgehead atoms. The van der Waals surface area contributed by atoms with Gasteiger partial charge in [0.25, 0.3) is 0 Å². The van der Waals surface area contributed by atoms with Crippen molar-refractivity contribution in [3.63, 3.8) is 0 Å². The monoisotopic (exact) mass is 469 g/mol. The molecule has 0 fully saturated rings. The zero-order chi connectivity index (χ0) is 25.3. The van der Waals surface area contributed by atoms with Crippen LogP contribution in [0.4, 0.5) is 0 Å². The number of aliphatic imine (C=N–C) groups is 1. The van der Waals surface area contributed by atoms with Gasteiger partial charge in [0.2, 0.25) is 17.7 Å². The van der Waals surface area contributed by atoms with E-state index in [1.165, 1.54) is 0 Å². The van der Waals surface area contributed by atoms with E-state index in [1.54, 1.807) is 0 Å². The third-order valence-electron chi connectivity index (χ3n) is 5.38. The number of rotatable bonds is 12. The maximum Gasteiger partial charge on any atom is 0.243 e. The number of nitrogens with zero attached hydrogens (tertiary/aromatic N) is 1. The lowest BCUT2D eigenvalue weighted by Gasteiger charge is -2.24. The van der Waals surface area contributed by atoms with E-state index in [4.69, 9.17) is 22.9 Å². The first-order valence-corrected chi connectivity index (χ1v) is 11.3. The highest BCUT2D eigenvalue weighted by Gasteiger charge is 2.28. The van der Waals surface area contributed by atoms with Gasteiger partial charge in [0, 0.05) is 13.0 Å². The SMILES string of the molecule is CC(C)C[C@H](NC(=O)[C@@H](N)CCN=C(N)N)C(=O)N[C@@H](Cc1cccc2ccccc12)C(N)=O. The van der Waals surface area contributed by atoms with Crippen LogP contribution in [0.2, 0.25) is 0 Å². The largest absolute Gasteiger partial charge is 0.370 e. The third-order valence-corrected chi connectivity index (χ3v) is 5.38. The second-order valence-electron chi connectivity index (χ2n) is 8.70. The fraction of sp³-hybridized carbons (Fsp3) is 0.417. The van der Waals surface area contributed by atoms with Gasteiger partial charge in [-0.1, -0.05) is 56.3 Å². The van der Waals surface area contributed by atoms with Crippen molar-refractivity contribution >= 4 is 34.5 Å². The molecule has 0 radical (unpaired) electrons. The van der Waals surface area contributed by atoms with Crippen LogP contribution in [0.3, 0.4) is 0 Å². The average Bonchev–Trinajstić information content (AvgIpc) is 2.77. The van der Waals surface area contributed by atoms with E-state index in [9.17, 15) is 14.4 Å². The lowest BCUT2D eigenvalue weighted by molar-refractivity contribution is -0.132. The fourth-order valence-electron chi connectivity index (χ4n) is 3.63. The van der Waals surface area contributed by atoms with Gasteiger partial charge in [-0.2, -0.15) is 0 Å². The van der Waals surface area contributed by atoms with Gasteiger partial charge in [-0.3, -0.25) is 19.4 Å². The van der Waals surface area contributed by atoms with Gasteiger partial charge in [0.05, 0.1) is 6.04 Å². The zero-order valence-corrected chi connectivity index (χ0v) is 19.7. The highest BCUT2D eigenvalue weighted by Crippen LogP contribution is 2.20. The van der Waals surface area contributed by atoms with Crippen molar-refractivity contribution in [3.8, 4) is 0 Å². The summed E-state index contributed by atoms with van der Waals surface area (Å²) >= 11 is 0. The molecular formula is C24H35N7O3. The van der Waals surface area contributed by atoms with Gasteiger partial charge in [0.1, 0.15) is 12.1 Å². The van der Waals surface area contributed by atoms with Crippen LogP contribution in [-0.2, 0) is 20.8 Å². The smallest absolute Gasteiger partial charge is 0.243 e. The molecule has 2 aromatic carbocycles. The second-order valence-corrected chi connectivity index (χ2v) is 8.70. The first-order valence-electron chi connectivity index (χ1n) is 11.3. The Morgan fingerprint density at radius 3 is 2.21 bits per heavy atom. The molecule has 0 aliphatic rings. The number of primary amides is 1. The minimum absolute atomic E-state index is 0.0895. The fourth-order valence-corrected chi connectivity index (χ4v) is 3.63. The van der Waals surface area contributed by atoms with Crippen LogP contribution in [0.5, 0.6) is 0 Å². The number of nitrogens with one attached hydrogen (secondary N) is 2. The molecule has 3 amide bonds. The van der Waals surface area contributed by atoms with Crippen LogP contribution < -0.4 is 33.6 Å². The summed E-state index contributed by atoms with van der Waals surface area (Å²) in [6.45, 7) is 4.03. The van der Waals surface area contributed by atoms with E-state index in [0.717, 1.165) is 16.3 Å². The quantitative estimate of drug-likeness (QED) is 0.185. The average molecular weight is 470 g/mol. The maximum absolute atomic E-state index is 13.1. The summed E-state index contributed by atoms with van der Waals surface area (Å²) in [5.74, 6) is -1.66. The number of benzene rings is 2. The van der Waals surface area contributed by atoms with Gasteiger partial charge >= 0.3 is 0 Å². The highest BCUT2D eigenvalue weighted by molar-refractivity contribution is 5.93. The molecule has 10 N–H and O–H groups in total. The van der Waals surface area contributed by atoms with Crippen molar-refractivity contribution in [2.75, 3.05) is 6.54 Å². The van der Waals surface area contributed by atoms with Gasteiger partial charge in [-0.05, 0) is 35.1 Å². The first kappa shape index (κ1) is 26.6. The Labute approximate surface area is 199 Å². The van der Waals surface area contributed by atoms with Crippen LogP contribution in [0, 0.1) is 5.92 Å². The Bertz CT molecular complexity index is 1030. The Balaban J connectivity index is 2.12. The number of nitrogens with two attached hydrogens (primary N) is 4. The lowest BCUT2D eigenvalue weighted by atomic mass is 9.97. The zero-order valence-electron chi connectivity index (χ0n) is 19.7. The van der Waals surface area contributed by atoms with Gasteiger partial charge in [0.15, 0.2) is 5.96 Å². The van der Waals surface area contributed by atoms with Crippen molar-refractivity contribution in [2.24, 2.45) is 33.8 Å². The Hall–Kier alpha value is -3.66. The Kier molecular flexibility index (Phi) is 9.81. The van der Waals surface area contributed by atoms with E-state index in [1.807, 2.05) is 56.3 Å². The number of hydrogen-bond donors (Lipinski definition) is 6. The molecule has 10 nitrogen and oxygen atoms in total. The summed E-state index contributed by atoms with van der Waals surface area (Å²) in [7, 11) is 0. The van der Waals surface area contributed by atoms with Gasteiger partial charge in [-0.25, -0.2) is 0 Å². The van der Waals surface area contributed by atoms with E-state index in [2.05, 4.69) is 15.6 Å². The number of carbonyl (C=O) groups is 3. The molecule has 0 saturated heterocycles. The third kappa shape index (κ3) is 8.04. The molecule has 3 atom stereocenters. The second kappa shape index (κ2) is 12.5. The molecule has 34 heavy (non-hydrogen) atoms. The van der Waals surface area contributed by atoms with E-state index in [0.29, 0.717) is 6.42 Å². The molecule has 10 heteroatoms. The van der Waals surface area contributed by atoms with E-state index >= 15 is 0 Å². The standard InChI is InChI=1S/C24H35N7O3/c1-14(2)12-20(31-22(33)18(25)10-11-29-24(27)28)23(34)30-19(21(26)32)13-16-8-5-7-15-6-3-4-9-17(15)16/h3-9,14,18-20H,10-13,25H2,1-2H3,(H2,26,32)(H,30,34)(H,31,33)(H4,27,28,29)/t18-,19-,20-/m0/s1.